The van der Waals surface area contributed by atoms with Crippen LogP contribution in [0.4, 0.5) is 0 Å². The SMILES string of the molecule is NC1(C2CC2)CN(C(=O)c2ccn[nH]2)C1. The molecule has 0 aromatic carbocycles. The molecule has 1 aromatic rings. The molecule has 2 aliphatic rings. The van der Waals surface area contributed by atoms with Crippen molar-refractivity contribution < 1.29 is 4.79 Å². The second-order valence-corrected chi connectivity index (χ2v) is 4.64. The maximum absolute atomic E-state index is 11.8. The van der Waals surface area contributed by atoms with Gasteiger partial charge in [-0.2, -0.15) is 5.10 Å². The Balaban J connectivity index is 1.65. The van der Waals surface area contributed by atoms with Crippen LogP contribution in [0, 0.1) is 5.92 Å². The number of carbonyl (C=O) groups excluding carboxylic acids is 1. The smallest absolute Gasteiger partial charge is 0.271 e. The molecule has 2 fully saturated rings. The van der Waals surface area contributed by atoms with Crippen molar-refractivity contribution in [1.82, 2.24) is 15.1 Å². The van der Waals surface area contributed by atoms with E-state index in [1.165, 1.54) is 12.8 Å². The third-order valence-corrected chi connectivity index (χ3v) is 3.38. The van der Waals surface area contributed by atoms with E-state index in [4.69, 9.17) is 5.73 Å². The van der Waals surface area contributed by atoms with Gasteiger partial charge in [-0.3, -0.25) is 9.89 Å². The Bertz CT molecular complexity index is 376. The van der Waals surface area contributed by atoms with E-state index in [0.29, 0.717) is 24.7 Å². The summed E-state index contributed by atoms with van der Waals surface area (Å²) in [5, 5.41) is 6.44. The highest BCUT2D eigenvalue weighted by atomic mass is 16.2. The van der Waals surface area contributed by atoms with Crippen molar-refractivity contribution in [1.29, 1.82) is 0 Å². The third-order valence-electron chi connectivity index (χ3n) is 3.38. The summed E-state index contributed by atoms with van der Waals surface area (Å²) in [6, 6.07) is 1.69. The molecule has 2 heterocycles. The molecule has 5 nitrogen and oxygen atoms in total. The van der Waals surface area contributed by atoms with E-state index in [-0.39, 0.29) is 11.4 Å². The van der Waals surface area contributed by atoms with E-state index in [0.717, 1.165) is 0 Å². The van der Waals surface area contributed by atoms with Gasteiger partial charge in [-0.1, -0.05) is 0 Å². The molecule has 1 aromatic heterocycles. The number of H-pyrrole nitrogens is 1. The Labute approximate surface area is 87.6 Å². The van der Waals surface area contributed by atoms with E-state index < -0.39 is 0 Å². The molecule has 15 heavy (non-hydrogen) atoms. The van der Waals surface area contributed by atoms with Crippen molar-refractivity contribution in [2.24, 2.45) is 11.7 Å². The molecule has 1 saturated carbocycles. The summed E-state index contributed by atoms with van der Waals surface area (Å²) in [5.74, 6) is 0.651. The lowest BCUT2D eigenvalue weighted by atomic mass is 9.85. The van der Waals surface area contributed by atoms with Gasteiger partial charge in [0.1, 0.15) is 5.69 Å². The predicted molar refractivity (Wildman–Crippen MR) is 54.1 cm³/mol. The van der Waals surface area contributed by atoms with Crippen LogP contribution in [0.5, 0.6) is 0 Å². The standard InChI is InChI=1S/C10H14N4O/c11-10(7-1-2-7)5-14(6-10)9(15)8-3-4-12-13-8/h3-4,7H,1-2,5-6,11H2,(H,12,13). The van der Waals surface area contributed by atoms with Crippen LogP contribution in [-0.4, -0.2) is 39.6 Å². The largest absolute Gasteiger partial charge is 0.333 e. The molecule has 0 atom stereocenters. The van der Waals surface area contributed by atoms with Gasteiger partial charge in [0.15, 0.2) is 0 Å². The van der Waals surface area contributed by atoms with E-state index >= 15 is 0 Å². The van der Waals surface area contributed by atoms with Crippen molar-refractivity contribution in [2.45, 2.75) is 18.4 Å². The summed E-state index contributed by atoms with van der Waals surface area (Å²) in [6.45, 7) is 1.38. The van der Waals surface area contributed by atoms with Gasteiger partial charge in [0.25, 0.3) is 5.91 Å². The molecule has 3 rings (SSSR count). The molecule has 1 amide bonds. The number of nitrogens with one attached hydrogen (secondary N) is 1. The van der Waals surface area contributed by atoms with Crippen LogP contribution >= 0.6 is 0 Å². The first-order valence-electron chi connectivity index (χ1n) is 5.26. The second kappa shape index (κ2) is 2.82. The Kier molecular flexibility index (Phi) is 1.68. The highest BCUT2D eigenvalue weighted by molar-refractivity contribution is 5.93. The van der Waals surface area contributed by atoms with Gasteiger partial charge < -0.3 is 10.6 Å². The number of rotatable bonds is 2. The summed E-state index contributed by atoms with van der Waals surface area (Å²) in [6.07, 6.45) is 4.04. The molecule has 3 N–H and O–H groups in total. The Morgan fingerprint density at radius 2 is 2.33 bits per heavy atom. The minimum absolute atomic E-state index is 0.00854. The number of likely N-dealkylation sites (tertiary alicyclic amines) is 1. The predicted octanol–water partition coefficient (Wildman–Crippen LogP) is -0.0270. The van der Waals surface area contributed by atoms with E-state index in [2.05, 4.69) is 10.2 Å². The highest BCUT2D eigenvalue weighted by Crippen LogP contribution is 2.43. The first-order valence-corrected chi connectivity index (χ1v) is 5.26. The first-order chi connectivity index (χ1) is 7.19. The summed E-state index contributed by atoms with van der Waals surface area (Å²) < 4.78 is 0. The monoisotopic (exact) mass is 206 g/mol. The third kappa shape index (κ3) is 1.34. The van der Waals surface area contributed by atoms with Crippen molar-refractivity contribution in [3.05, 3.63) is 18.0 Å². The molecule has 0 radical (unpaired) electrons. The number of hydrogen-bond acceptors (Lipinski definition) is 3. The molecule has 1 aliphatic carbocycles. The van der Waals surface area contributed by atoms with Gasteiger partial charge in [0, 0.05) is 19.3 Å². The minimum Gasteiger partial charge on any atom is -0.333 e. The average molecular weight is 206 g/mol. The lowest BCUT2D eigenvalue weighted by molar-refractivity contribution is 0.0345. The molecule has 0 unspecified atom stereocenters. The maximum Gasteiger partial charge on any atom is 0.271 e. The lowest BCUT2D eigenvalue weighted by Crippen LogP contribution is -2.69. The molecular weight excluding hydrogens is 192 g/mol. The van der Waals surface area contributed by atoms with Crippen LogP contribution < -0.4 is 5.73 Å². The second-order valence-electron chi connectivity index (χ2n) is 4.64. The summed E-state index contributed by atoms with van der Waals surface area (Å²) in [4.78, 5) is 13.6. The minimum atomic E-state index is -0.102. The van der Waals surface area contributed by atoms with Crippen LogP contribution in [0.15, 0.2) is 12.3 Å². The topological polar surface area (TPSA) is 75.0 Å². The number of amides is 1. The number of aromatic amines is 1. The Morgan fingerprint density at radius 1 is 1.60 bits per heavy atom. The van der Waals surface area contributed by atoms with E-state index in [1.807, 2.05) is 0 Å². The van der Waals surface area contributed by atoms with Crippen LogP contribution in [-0.2, 0) is 0 Å². The fraction of sp³-hybridized carbons (Fsp3) is 0.600. The molecular formula is C10H14N4O. The zero-order valence-electron chi connectivity index (χ0n) is 8.44. The number of aromatic nitrogens is 2. The number of nitrogens with zero attached hydrogens (tertiary/aromatic N) is 2. The molecule has 5 heteroatoms. The highest BCUT2D eigenvalue weighted by Gasteiger charge is 2.51. The summed E-state index contributed by atoms with van der Waals surface area (Å²) in [7, 11) is 0. The zero-order chi connectivity index (χ0) is 10.5. The van der Waals surface area contributed by atoms with E-state index in [1.54, 1.807) is 17.2 Å². The van der Waals surface area contributed by atoms with Gasteiger partial charge in [0.2, 0.25) is 0 Å². The van der Waals surface area contributed by atoms with E-state index in [9.17, 15) is 4.79 Å². The number of nitrogens with two attached hydrogens (primary N) is 1. The first kappa shape index (κ1) is 8.91. The average Bonchev–Trinajstić information content (AvgIpc) is 2.89. The lowest BCUT2D eigenvalue weighted by Gasteiger charge is -2.48. The molecule has 80 valence electrons. The molecule has 1 aliphatic heterocycles. The quantitative estimate of drug-likeness (QED) is 0.713. The van der Waals surface area contributed by atoms with Gasteiger partial charge in [0.05, 0.1) is 5.54 Å². The maximum atomic E-state index is 11.8. The van der Waals surface area contributed by atoms with Crippen molar-refractivity contribution in [2.75, 3.05) is 13.1 Å². The number of carbonyl (C=O) groups is 1. The van der Waals surface area contributed by atoms with Crippen LogP contribution in [0.1, 0.15) is 23.3 Å². The van der Waals surface area contributed by atoms with Crippen molar-refractivity contribution >= 4 is 5.91 Å². The van der Waals surface area contributed by atoms with Crippen LogP contribution in [0.3, 0.4) is 0 Å². The molecule has 0 bridgehead atoms. The zero-order valence-corrected chi connectivity index (χ0v) is 8.44. The normalized spacial score (nSPS) is 23.7. The van der Waals surface area contributed by atoms with Gasteiger partial charge in [-0.15, -0.1) is 0 Å². The fourth-order valence-electron chi connectivity index (χ4n) is 2.27. The van der Waals surface area contributed by atoms with Gasteiger partial charge >= 0.3 is 0 Å². The van der Waals surface area contributed by atoms with Gasteiger partial charge in [-0.05, 0) is 24.8 Å². The molecule has 0 spiro atoms. The van der Waals surface area contributed by atoms with Gasteiger partial charge in [-0.25, -0.2) is 0 Å². The van der Waals surface area contributed by atoms with Crippen LogP contribution in [0.25, 0.3) is 0 Å². The van der Waals surface area contributed by atoms with Crippen LogP contribution in [0.2, 0.25) is 0 Å². The van der Waals surface area contributed by atoms with Crippen molar-refractivity contribution in [3.8, 4) is 0 Å². The summed E-state index contributed by atoms with van der Waals surface area (Å²) in [5.41, 5.74) is 6.62. The van der Waals surface area contributed by atoms with Crippen molar-refractivity contribution in [3.63, 3.8) is 0 Å². The molecule has 1 saturated heterocycles. The number of hydrogen-bond donors (Lipinski definition) is 2. The summed E-state index contributed by atoms with van der Waals surface area (Å²) >= 11 is 0. The fourth-order valence-corrected chi connectivity index (χ4v) is 2.27. The Morgan fingerprint density at radius 3 is 2.87 bits per heavy atom. The Hall–Kier alpha value is -1.36.